The third-order valence-corrected chi connectivity index (χ3v) is 1.84. The molecule has 0 saturated heterocycles. The topological polar surface area (TPSA) is 87.0 Å². The van der Waals surface area contributed by atoms with Crippen molar-refractivity contribution < 1.29 is 24.2 Å². The number of aliphatic carboxylic acids is 1. The Morgan fingerprint density at radius 2 is 1.87 bits per heavy atom. The van der Waals surface area contributed by atoms with Gasteiger partial charge in [0.1, 0.15) is 0 Å². The van der Waals surface area contributed by atoms with Crippen LogP contribution >= 0.6 is 8.60 Å². The zero-order valence-corrected chi connectivity index (χ0v) is 10.2. The van der Waals surface area contributed by atoms with Gasteiger partial charge >= 0.3 is 14.6 Å². The van der Waals surface area contributed by atoms with E-state index in [0.717, 1.165) is 6.42 Å². The first-order chi connectivity index (χ1) is 6.99. The van der Waals surface area contributed by atoms with Crippen LogP contribution in [0.5, 0.6) is 0 Å². The van der Waals surface area contributed by atoms with Crippen LogP contribution in [0.2, 0.25) is 0 Å². The van der Waals surface area contributed by atoms with E-state index in [4.69, 9.17) is 14.9 Å². The Hall–Kier alpha value is -0.480. The molecule has 0 aromatic carbocycles. The molecule has 0 saturated carbocycles. The van der Waals surface area contributed by atoms with E-state index in [9.17, 15) is 4.79 Å². The Morgan fingerprint density at radius 1 is 1.33 bits per heavy atom. The minimum absolute atomic E-state index is 0.360. The molecule has 6 heteroatoms. The first kappa shape index (κ1) is 16.9. The Balaban J connectivity index is 0. The van der Waals surface area contributed by atoms with Crippen LogP contribution in [0.25, 0.3) is 0 Å². The summed E-state index contributed by atoms with van der Waals surface area (Å²) in [5.74, 6) is -0.792. The molecule has 0 aliphatic carbocycles. The highest BCUT2D eigenvalue weighted by molar-refractivity contribution is 7.39. The van der Waals surface area contributed by atoms with Crippen molar-refractivity contribution in [2.24, 2.45) is 0 Å². The molecule has 0 amide bonds. The van der Waals surface area contributed by atoms with Gasteiger partial charge in [-0.3, -0.25) is 0 Å². The van der Waals surface area contributed by atoms with Crippen LogP contribution in [-0.2, 0) is 9.32 Å². The first-order valence-electron chi connectivity index (χ1n) is 4.72. The van der Waals surface area contributed by atoms with Gasteiger partial charge < -0.3 is 19.4 Å². The lowest BCUT2D eigenvalue weighted by molar-refractivity contribution is -0.132. The zero-order chi connectivity index (χ0) is 12.3. The van der Waals surface area contributed by atoms with Crippen LogP contribution in [0, 0.1) is 0 Å². The molecule has 0 heterocycles. The highest BCUT2D eigenvalue weighted by Gasteiger charge is 2.00. The SMILES string of the molecule is CCC=C(CC)C(=O)O.CCOP(O)O. The molecule has 15 heavy (non-hydrogen) atoms. The lowest BCUT2D eigenvalue weighted by Gasteiger charge is -1.95. The molecule has 0 atom stereocenters. The summed E-state index contributed by atoms with van der Waals surface area (Å²) in [6.07, 6.45) is 3.15. The number of hydrogen-bond acceptors (Lipinski definition) is 4. The number of rotatable bonds is 5. The maximum absolute atomic E-state index is 10.3. The Bertz CT molecular complexity index is 191. The number of carboxylic acids is 1. The van der Waals surface area contributed by atoms with Crippen molar-refractivity contribution in [1.29, 1.82) is 0 Å². The minimum atomic E-state index is -2.10. The quantitative estimate of drug-likeness (QED) is 0.504. The molecule has 0 aliphatic heterocycles. The van der Waals surface area contributed by atoms with Crippen LogP contribution in [0.3, 0.4) is 0 Å². The third-order valence-electron chi connectivity index (χ3n) is 1.35. The lowest BCUT2D eigenvalue weighted by atomic mass is 10.2. The summed E-state index contributed by atoms with van der Waals surface area (Å²) in [6, 6.07) is 0. The maximum Gasteiger partial charge on any atom is 0.331 e. The van der Waals surface area contributed by atoms with Gasteiger partial charge in [-0.05, 0) is 19.8 Å². The van der Waals surface area contributed by atoms with E-state index in [2.05, 4.69) is 4.52 Å². The van der Waals surface area contributed by atoms with Crippen molar-refractivity contribution in [1.82, 2.24) is 0 Å². The average Bonchev–Trinajstić information content (AvgIpc) is 2.14. The molecule has 0 fully saturated rings. The van der Waals surface area contributed by atoms with Crippen molar-refractivity contribution in [2.75, 3.05) is 6.61 Å². The summed E-state index contributed by atoms with van der Waals surface area (Å²) in [6.45, 7) is 5.83. The van der Waals surface area contributed by atoms with Gasteiger partial charge in [-0.2, -0.15) is 0 Å². The largest absolute Gasteiger partial charge is 0.478 e. The van der Waals surface area contributed by atoms with E-state index in [1.54, 1.807) is 13.0 Å². The number of carbonyl (C=O) groups is 1. The molecule has 5 nitrogen and oxygen atoms in total. The van der Waals surface area contributed by atoms with E-state index in [1.807, 2.05) is 13.8 Å². The van der Waals surface area contributed by atoms with E-state index in [0.29, 0.717) is 18.6 Å². The zero-order valence-electron chi connectivity index (χ0n) is 9.30. The maximum atomic E-state index is 10.3. The van der Waals surface area contributed by atoms with E-state index in [-0.39, 0.29) is 0 Å². The summed E-state index contributed by atoms with van der Waals surface area (Å²) in [5, 5.41) is 8.44. The van der Waals surface area contributed by atoms with Crippen LogP contribution in [0.4, 0.5) is 0 Å². The fraction of sp³-hybridized carbons (Fsp3) is 0.667. The Labute approximate surface area is 91.4 Å². The molecule has 0 spiro atoms. The van der Waals surface area contributed by atoms with Gasteiger partial charge in [0.05, 0.1) is 6.61 Å². The number of hydrogen-bond donors (Lipinski definition) is 3. The standard InChI is InChI=1S/C7H12O2.C2H7O3P/c1-3-5-6(4-2)7(8)9;1-2-5-6(3)4/h5H,3-4H2,1-2H3,(H,8,9);3-4H,2H2,1H3. The number of carboxylic acid groups (broad SMARTS) is 1. The predicted molar refractivity (Wildman–Crippen MR) is 59.3 cm³/mol. The van der Waals surface area contributed by atoms with Crippen molar-refractivity contribution in [3.63, 3.8) is 0 Å². The lowest BCUT2D eigenvalue weighted by Crippen LogP contribution is -1.98. The molecule has 0 aliphatic rings. The van der Waals surface area contributed by atoms with Crippen molar-refractivity contribution >= 4 is 14.6 Å². The van der Waals surface area contributed by atoms with Gasteiger partial charge in [0, 0.05) is 5.57 Å². The highest BCUT2D eigenvalue weighted by atomic mass is 31.2. The summed E-state index contributed by atoms with van der Waals surface area (Å²) in [7, 11) is -2.10. The molecule has 3 N–H and O–H groups in total. The van der Waals surface area contributed by atoms with E-state index < -0.39 is 14.6 Å². The normalized spacial score (nSPS) is 10.9. The van der Waals surface area contributed by atoms with Crippen molar-refractivity contribution in [3.05, 3.63) is 11.6 Å². The molecule has 0 unspecified atom stereocenters. The minimum Gasteiger partial charge on any atom is -0.478 e. The molecule has 90 valence electrons. The summed E-state index contributed by atoms with van der Waals surface area (Å²) in [5.41, 5.74) is 0.512. The van der Waals surface area contributed by atoms with Gasteiger partial charge in [-0.1, -0.05) is 19.9 Å². The van der Waals surface area contributed by atoms with E-state index >= 15 is 0 Å². The molecule has 0 rings (SSSR count). The van der Waals surface area contributed by atoms with Crippen LogP contribution < -0.4 is 0 Å². The van der Waals surface area contributed by atoms with Crippen molar-refractivity contribution in [2.45, 2.75) is 33.6 Å². The second-order valence-corrected chi connectivity index (χ2v) is 3.23. The third kappa shape index (κ3) is 13.5. The Kier molecular flexibility index (Phi) is 13.1. The Morgan fingerprint density at radius 3 is 1.93 bits per heavy atom. The second kappa shape index (κ2) is 11.6. The van der Waals surface area contributed by atoms with Crippen LogP contribution in [0.1, 0.15) is 33.6 Å². The second-order valence-electron chi connectivity index (χ2n) is 2.47. The van der Waals surface area contributed by atoms with Crippen LogP contribution in [-0.4, -0.2) is 27.5 Å². The highest BCUT2D eigenvalue weighted by Crippen LogP contribution is 2.22. The number of allylic oxidation sites excluding steroid dienone is 1. The fourth-order valence-corrected chi connectivity index (χ4v) is 0.976. The summed E-state index contributed by atoms with van der Waals surface area (Å²) < 4.78 is 4.22. The van der Waals surface area contributed by atoms with Gasteiger partial charge in [-0.25, -0.2) is 4.79 Å². The van der Waals surface area contributed by atoms with Crippen molar-refractivity contribution in [3.8, 4) is 0 Å². The molecule has 0 aromatic rings. The van der Waals surface area contributed by atoms with Crippen LogP contribution in [0.15, 0.2) is 11.6 Å². The smallest absolute Gasteiger partial charge is 0.331 e. The molecule has 0 radical (unpaired) electrons. The van der Waals surface area contributed by atoms with Gasteiger partial charge in [0.15, 0.2) is 0 Å². The fourth-order valence-electron chi connectivity index (χ4n) is 0.745. The monoisotopic (exact) mass is 238 g/mol. The first-order valence-corrected chi connectivity index (χ1v) is 5.89. The average molecular weight is 238 g/mol. The molecule has 0 aromatic heterocycles. The van der Waals surface area contributed by atoms with Gasteiger partial charge in [-0.15, -0.1) is 0 Å². The van der Waals surface area contributed by atoms with Gasteiger partial charge in [0.2, 0.25) is 0 Å². The molecule has 0 bridgehead atoms. The molecular formula is C9H19O5P. The van der Waals surface area contributed by atoms with E-state index in [1.165, 1.54) is 0 Å². The summed E-state index contributed by atoms with van der Waals surface area (Å²) >= 11 is 0. The predicted octanol–water partition coefficient (Wildman–Crippen LogP) is 2.05. The van der Waals surface area contributed by atoms with Gasteiger partial charge in [0.25, 0.3) is 0 Å². The molecular weight excluding hydrogens is 219 g/mol. The summed E-state index contributed by atoms with van der Waals surface area (Å²) in [4.78, 5) is 26.2.